The fourth-order valence-electron chi connectivity index (χ4n) is 4.36. The molecule has 6 nitrogen and oxygen atoms in total. The molecule has 1 N–H and O–H groups in total. The quantitative estimate of drug-likeness (QED) is 0.206. The van der Waals surface area contributed by atoms with Crippen molar-refractivity contribution in [3.8, 4) is 11.5 Å². The van der Waals surface area contributed by atoms with E-state index in [1.165, 1.54) is 4.90 Å². The van der Waals surface area contributed by atoms with Crippen LogP contribution in [0.5, 0.6) is 11.5 Å². The summed E-state index contributed by atoms with van der Waals surface area (Å²) in [5, 5.41) is 11.3. The van der Waals surface area contributed by atoms with Crippen molar-refractivity contribution >= 4 is 33.4 Å². The number of carbonyl (C=O) groups excluding carboxylic acids is 2. The zero-order chi connectivity index (χ0) is 25.8. The number of ether oxygens (including phenoxy) is 2. The molecule has 1 aliphatic rings. The van der Waals surface area contributed by atoms with E-state index in [2.05, 4.69) is 15.9 Å². The summed E-state index contributed by atoms with van der Waals surface area (Å²) in [6.45, 7) is 4.54. The summed E-state index contributed by atoms with van der Waals surface area (Å²) in [5.74, 6) is -0.505. The van der Waals surface area contributed by atoms with Gasteiger partial charge in [-0.15, -0.1) is 0 Å². The normalized spacial score (nSPS) is 16.9. The van der Waals surface area contributed by atoms with Gasteiger partial charge >= 0.3 is 0 Å². The van der Waals surface area contributed by atoms with Crippen molar-refractivity contribution in [3.63, 3.8) is 0 Å². The highest BCUT2D eigenvalue weighted by atomic mass is 79.9. The lowest BCUT2D eigenvalue weighted by atomic mass is 9.94. The Balaban J connectivity index is 1.80. The lowest BCUT2D eigenvalue weighted by Crippen LogP contribution is -2.30. The second-order valence-electron chi connectivity index (χ2n) is 8.64. The van der Waals surface area contributed by atoms with Gasteiger partial charge in [0, 0.05) is 16.6 Å². The number of ketones is 1. The summed E-state index contributed by atoms with van der Waals surface area (Å²) in [6.07, 6.45) is 0.661. The third-order valence-corrected chi connectivity index (χ3v) is 7.07. The van der Waals surface area contributed by atoms with Gasteiger partial charge in [-0.2, -0.15) is 0 Å². The number of benzene rings is 3. The Hall–Kier alpha value is -3.58. The average Bonchev–Trinajstić information content (AvgIpc) is 3.14. The van der Waals surface area contributed by atoms with Crippen molar-refractivity contribution in [2.24, 2.45) is 0 Å². The van der Waals surface area contributed by atoms with Gasteiger partial charge in [-0.25, -0.2) is 0 Å². The summed E-state index contributed by atoms with van der Waals surface area (Å²) in [6, 6.07) is 19.6. The number of aryl methyl sites for hydroxylation is 1. The molecule has 1 aliphatic heterocycles. The molecule has 4 rings (SSSR count). The van der Waals surface area contributed by atoms with Gasteiger partial charge in [0.15, 0.2) is 11.5 Å². The predicted molar refractivity (Wildman–Crippen MR) is 142 cm³/mol. The number of rotatable bonds is 8. The second-order valence-corrected chi connectivity index (χ2v) is 9.50. The van der Waals surface area contributed by atoms with Crippen LogP contribution in [0.1, 0.15) is 41.6 Å². The summed E-state index contributed by atoms with van der Waals surface area (Å²) in [5.41, 5.74) is 3.09. The second kappa shape index (κ2) is 11.0. The Morgan fingerprint density at radius 3 is 2.44 bits per heavy atom. The number of aliphatic hydroxyl groups is 1. The van der Waals surface area contributed by atoms with Crippen molar-refractivity contribution in [1.82, 2.24) is 4.90 Å². The monoisotopic (exact) mass is 549 g/mol. The lowest BCUT2D eigenvalue weighted by Gasteiger charge is -2.25. The van der Waals surface area contributed by atoms with Gasteiger partial charge in [-0.1, -0.05) is 65.3 Å². The fraction of sp³-hybridized carbons (Fsp3) is 0.241. The number of halogens is 1. The molecule has 36 heavy (non-hydrogen) atoms. The van der Waals surface area contributed by atoms with Gasteiger partial charge in [0.25, 0.3) is 11.7 Å². The number of hydrogen-bond acceptors (Lipinski definition) is 5. The molecule has 0 saturated carbocycles. The van der Waals surface area contributed by atoms with Crippen LogP contribution >= 0.6 is 15.9 Å². The number of carbonyl (C=O) groups is 2. The maximum Gasteiger partial charge on any atom is 0.295 e. The van der Waals surface area contributed by atoms with Gasteiger partial charge in [-0.05, 0) is 54.3 Å². The van der Waals surface area contributed by atoms with Crippen LogP contribution in [0.25, 0.3) is 5.76 Å². The van der Waals surface area contributed by atoms with E-state index in [1.54, 1.807) is 37.4 Å². The van der Waals surface area contributed by atoms with Crippen molar-refractivity contribution in [2.75, 3.05) is 13.7 Å². The fourth-order valence-corrected chi connectivity index (χ4v) is 4.60. The Bertz CT molecular complexity index is 1320. The SMILES string of the molecule is CCCN1C(=O)C(=O)/C(=C(\O)c2ccc(Br)c(C)c2)C1c1ccc(OC)c(OCc2ccccc2)c1. The molecule has 1 atom stereocenters. The van der Waals surface area contributed by atoms with Crippen LogP contribution in [0.4, 0.5) is 0 Å². The Morgan fingerprint density at radius 2 is 1.78 bits per heavy atom. The first kappa shape index (κ1) is 25.5. The van der Waals surface area contributed by atoms with E-state index in [-0.39, 0.29) is 11.3 Å². The first-order valence-corrected chi connectivity index (χ1v) is 12.5. The van der Waals surface area contributed by atoms with Crippen molar-refractivity contribution in [2.45, 2.75) is 32.9 Å². The Labute approximate surface area is 219 Å². The van der Waals surface area contributed by atoms with Crippen molar-refractivity contribution in [1.29, 1.82) is 0 Å². The van der Waals surface area contributed by atoms with Crippen LogP contribution < -0.4 is 9.47 Å². The molecule has 0 bridgehead atoms. The predicted octanol–water partition coefficient (Wildman–Crippen LogP) is 6.18. The van der Waals surface area contributed by atoms with E-state index in [0.717, 1.165) is 15.6 Å². The minimum absolute atomic E-state index is 0.0642. The first-order chi connectivity index (χ1) is 17.3. The molecule has 1 fully saturated rings. The van der Waals surface area contributed by atoms with Crippen LogP contribution in [0, 0.1) is 6.92 Å². The summed E-state index contributed by atoms with van der Waals surface area (Å²) in [4.78, 5) is 27.7. The number of nitrogens with zero attached hydrogens (tertiary/aromatic N) is 1. The van der Waals surface area contributed by atoms with E-state index in [9.17, 15) is 14.7 Å². The van der Waals surface area contributed by atoms with Crippen LogP contribution in [0.3, 0.4) is 0 Å². The molecule has 0 aromatic heterocycles. The lowest BCUT2D eigenvalue weighted by molar-refractivity contribution is -0.139. The van der Waals surface area contributed by atoms with Crippen LogP contribution in [-0.4, -0.2) is 35.4 Å². The summed E-state index contributed by atoms with van der Waals surface area (Å²) >= 11 is 3.46. The number of aliphatic hydroxyl groups excluding tert-OH is 1. The number of amides is 1. The Morgan fingerprint density at radius 1 is 1.03 bits per heavy atom. The minimum atomic E-state index is -0.751. The number of methoxy groups -OCH3 is 1. The van der Waals surface area contributed by atoms with Gasteiger partial charge in [-0.3, -0.25) is 9.59 Å². The molecular weight excluding hydrogens is 522 g/mol. The molecule has 1 amide bonds. The topological polar surface area (TPSA) is 76.1 Å². The van der Waals surface area contributed by atoms with E-state index >= 15 is 0 Å². The molecular formula is C29H28BrNO5. The summed E-state index contributed by atoms with van der Waals surface area (Å²) < 4.78 is 12.5. The number of hydrogen-bond donors (Lipinski definition) is 1. The maximum absolute atomic E-state index is 13.2. The standard InChI is InChI=1S/C29H28BrNO5/c1-4-14-31-26(25(28(33)29(31)34)27(32)21-10-12-22(30)18(2)15-21)20-11-13-23(35-3)24(16-20)36-17-19-8-6-5-7-9-19/h5-13,15-16,26,32H,4,14,17H2,1-3H3/b27-25-. The van der Waals surface area contributed by atoms with Crippen molar-refractivity contribution in [3.05, 3.63) is 99.0 Å². The van der Waals surface area contributed by atoms with Crippen LogP contribution in [0.15, 0.2) is 76.8 Å². The molecule has 1 heterocycles. The van der Waals surface area contributed by atoms with Crippen LogP contribution in [0.2, 0.25) is 0 Å². The van der Waals surface area contributed by atoms with E-state index in [4.69, 9.17) is 9.47 Å². The molecule has 0 aliphatic carbocycles. The molecule has 0 radical (unpaired) electrons. The van der Waals surface area contributed by atoms with Crippen LogP contribution in [-0.2, 0) is 16.2 Å². The molecule has 186 valence electrons. The van der Waals surface area contributed by atoms with E-state index in [1.807, 2.05) is 50.2 Å². The molecule has 3 aromatic carbocycles. The first-order valence-electron chi connectivity index (χ1n) is 11.7. The number of Topliss-reactive ketones (excluding diaryl/α,β-unsaturated/α-hetero) is 1. The smallest absolute Gasteiger partial charge is 0.295 e. The zero-order valence-corrected chi connectivity index (χ0v) is 22.0. The van der Waals surface area contributed by atoms with Gasteiger partial charge < -0.3 is 19.5 Å². The maximum atomic E-state index is 13.2. The largest absolute Gasteiger partial charge is 0.507 e. The van der Waals surface area contributed by atoms with E-state index in [0.29, 0.717) is 42.2 Å². The third-order valence-electron chi connectivity index (χ3n) is 6.18. The number of likely N-dealkylation sites (tertiary alicyclic amines) is 1. The Kier molecular flexibility index (Phi) is 7.79. The highest BCUT2D eigenvalue weighted by molar-refractivity contribution is 9.10. The summed E-state index contributed by atoms with van der Waals surface area (Å²) in [7, 11) is 1.56. The zero-order valence-electron chi connectivity index (χ0n) is 20.5. The van der Waals surface area contributed by atoms with Crippen molar-refractivity contribution < 1.29 is 24.2 Å². The van der Waals surface area contributed by atoms with Gasteiger partial charge in [0.1, 0.15) is 12.4 Å². The minimum Gasteiger partial charge on any atom is -0.507 e. The highest BCUT2D eigenvalue weighted by Gasteiger charge is 2.45. The van der Waals surface area contributed by atoms with E-state index < -0.39 is 17.7 Å². The molecule has 3 aromatic rings. The molecule has 1 saturated heterocycles. The highest BCUT2D eigenvalue weighted by Crippen LogP contribution is 2.42. The molecule has 7 heteroatoms. The van der Waals surface area contributed by atoms with Gasteiger partial charge in [0.2, 0.25) is 0 Å². The third kappa shape index (κ3) is 5.02. The van der Waals surface area contributed by atoms with Gasteiger partial charge in [0.05, 0.1) is 18.7 Å². The average molecular weight is 550 g/mol. The molecule has 1 unspecified atom stereocenters. The molecule has 0 spiro atoms.